The SMILES string of the molecule is CC(=O)Nc1cccc(NC(=O)CCc2ccc(C(C)(C)C)cc2)c1C. The highest BCUT2D eigenvalue weighted by Gasteiger charge is 2.13. The van der Waals surface area contributed by atoms with Crippen molar-refractivity contribution in [3.05, 3.63) is 59.2 Å². The van der Waals surface area contributed by atoms with Crippen LogP contribution in [0.25, 0.3) is 0 Å². The van der Waals surface area contributed by atoms with Gasteiger partial charge < -0.3 is 10.6 Å². The Kier molecular flexibility index (Phi) is 6.19. The molecule has 0 spiro atoms. The van der Waals surface area contributed by atoms with E-state index in [0.29, 0.717) is 18.5 Å². The summed E-state index contributed by atoms with van der Waals surface area (Å²) in [6.07, 6.45) is 1.11. The molecule has 0 unspecified atom stereocenters. The largest absolute Gasteiger partial charge is 0.326 e. The fraction of sp³-hybridized carbons (Fsp3) is 0.364. The first-order valence-electron chi connectivity index (χ1n) is 8.93. The molecule has 0 aliphatic rings. The molecular formula is C22H28N2O2. The molecule has 0 aliphatic heterocycles. The molecule has 26 heavy (non-hydrogen) atoms. The van der Waals surface area contributed by atoms with E-state index in [1.54, 1.807) is 0 Å². The van der Waals surface area contributed by atoms with Gasteiger partial charge in [0.15, 0.2) is 0 Å². The number of rotatable bonds is 5. The van der Waals surface area contributed by atoms with Gasteiger partial charge in [0, 0.05) is 24.7 Å². The van der Waals surface area contributed by atoms with E-state index in [4.69, 9.17) is 0 Å². The minimum atomic E-state index is -0.129. The van der Waals surface area contributed by atoms with Gasteiger partial charge in [0.25, 0.3) is 0 Å². The average Bonchev–Trinajstić information content (AvgIpc) is 2.56. The van der Waals surface area contributed by atoms with Crippen LogP contribution in [0.1, 0.15) is 50.8 Å². The Morgan fingerprint density at radius 2 is 1.50 bits per heavy atom. The monoisotopic (exact) mass is 352 g/mol. The molecule has 2 aromatic carbocycles. The third-order valence-corrected chi connectivity index (χ3v) is 4.38. The predicted molar refractivity (Wildman–Crippen MR) is 108 cm³/mol. The molecule has 2 rings (SSSR count). The molecule has 2 N–H and O–H groups in total. The summed E-state index contributed by atoms with van der Waals surface area (Å²) in [5.41, 5.74) is 4.86. The second kappa shape index (κ2) is 8.17. The van der Waals surface area contributed by atoms with Crippen LogP contribution in [0.5, 0.6) is 0 Å². The van der Waals surface area contributed by atoms with Crippen molar-refractivity contribution in [2.24, 2.45) is 0 Å². The summed E-state index contributed by atoms with van der Waals surface area (Å²) in [6.45, 7) is 9.91. The number of hydrogen-bond donors (Lipinski definition) is 2. The molecule has 0 radical (unpaired) electrons. The number of aryl methyl sites for hydroxylation is 1. The van der Waals surface area contributed by atoms with Gasteiger partial charge in [-0.05, 0) is 47.6 Å². The summed E-state index contributed by atoms with van der Waals surface area (Å²) in [4.78, 5) is 23.5. The molecule has 0 heterocycles. The molecule has 0 aromatic heterocycles. The average molecular weight is 352 g/mol. The molecule has 0 saturated heterocycles. The number of anilines is 2. The van der Waals surface area contributed by atoms with E-state index in [2.05, 4.69) is 55.7 Å². The molecule has 0 fully saturated rings. The third-order valence-electron chi connectivity index (χ3n) is 4.38. The van der Waals surface area contributed by atoms with Crippen LogP contribution in [-0.2, 0) is 21.4 Å². The standard InChI is InChI=1S/C22H28N2O2/c1-15-19(23-16(2)25)7-6-8-20(15)24-21(26)14-11-17-9-12-18(13-10-17)22(3,4)5/h6-10,12-13H,11,14H2,1-5H3,(H,23,25)(H,24,26). The zero-order chi connectivity index (χ0) is 19.3. The van der Waals surface area contributed by atoms with Crippen molar-refractivity contribution in [1.82, 2.24) is 0 Å². The lowest BCUT2D eigenvalue weighted by molar-refractivity contribution is -0.116. The van der Waals surface area contributed by atoms with Crippen LogP contribution in [0.3, 0.4) is 0 Å². The zero-order valence-corrected chi connectivity index (χ0v) is 16.3. The molecule has 2 amide bonds. The van der Waals surface area contributed by atoms with E-state index >= 15 is 0 Å². The molecule has 138 valence electrons. The van der Waals surface area contributed by atoms with Crippen molar-refractivity contribution in [2.45, 2.75) is 52.9 Å². The first kappa shape index (κ1) is 19.7. The van der Waals surface area contributed by atoms with Crippen molar-refractivity contribution in [1.29, 1.82) is 0 Å². The van der Waals surface area contributed by atoms with Gasteiger partial charge in [-0.2, -0.15) is 0 Å². The van der Waals surface area contributed by atoms with Crippen LogP contribution in [0.2, 0.25) is 0 Å². The smallest absolute Gasteiger partial charge is 0.224 e. The van der Waals surface area contributed by atoms with Gasteiger partial charge in [-0.25, -0.2) is 0 Å². The maximum atomic E-state index is 12.3. The van der Waals surface area contributed by atoms with Crippen LogP contribution >= 0.6 is 0 Å². The zero-order valence-electron chi connectivity index (χ0n) is 16.3. The molecule has 0 bridgehead atoms. The summed E-state index contributed by atoms with van der Waals surface area (Å²) in [6, 6.07) is 13.9. The molecule has 4 nitrogen and oxygen atoms in total. The number of hydrogen-bond acceptors (Lipinski definition) is 2. The Bertz CT molecular complexity index is 787. The number of amides is 2. The second-order valence-corrected chi connectivity index (χ2v) is 7.65. The summed E-state index contributed by atoms with van der Waals surface area (Å²) in [5.74, 6) is -0.164. The van der Waals surface area contributed by atoms with Gasteiger partial charge >= 0.3 is 0 Å². The van der Waals surface area contributed by atoms with Crippen LogP contribution in [0.15, 0.2) is 42.5 Å². The minimum Gasteiger partial charge on any atom is -0.326 e. The Morgan fingerprint density at radius 1 is 0.923 bits per heavy atom. The summed E-state index contributed by atoms with van der Waals surface area (Å²) < 4.78 is 0. The highest BCUT2D eigenvalue weighted by atomic mass is 16.2. The van der Waals surface area contributed by atoms with Gasteiger partial charge in [-0.3, -0.25) is 9.59 Å². The lowest BCUT2D eigenvalue weighted by Crippen LogP contribution is -2.15. The van der Waals surface area contributed by atoms with Crippen molar-refractivity contribution < 1.29 is 9.59 Å². The highest BCUT2D eigenvalue weighted by Crippen LogP contribution is 2.24. The van der Waals surface area contributed by atoms with Gasteiger partial charge in [0.05, 0.1) is 0 Å². The van der Waals surface area contributed by atoms with E-state index < -0.39 is 0 Å². The van der Waals surface area contributed by atoms with Crippen molar-refractivity contribution >= 4 is 23.2 Å². The summed E-state index contributed by atoms with van der Waals surface area (Å²) >= 11 is 0. The van der Waals surface area contributed by atoms with Crippen LogP contribution in [-0.4, -0.2) is 11.8 Å². The molecule has 2 aromatic rings. The molecule has 0 aliphatic carbocycles. The topological polar surface area (TPSA) is 58.2 Å². The minimum absolute atomic E-state index is 0.0343. The van der Waals surface area contributed by atoms with Gasteiger partial charge in [0.2, 0.25) is 11.8 Å². The van der Waals surface area contributed by atoms with E-state index in [1.807, 2.05) is 25.1 Å². The van der Waals surface area contributed by atoms with Gasteiger partial charge in [-0.1, -0.05) is 51.1 Å². The molecule has 0 atom stereocenters. The maximum Gasteiger partial charge on any atom is 0.224 e. The van der Waals surface area contributed by atoms with Gasteiger partial charge in [-0.15, -0.1) is 0 Å². The van der Waals surface area contributed by atoms with Crippen molar-refractivity contribution in [3.8, 4) is 0 Å². The van der Waals surface area contributed by atoms with E-state index in [1.165, 1.54) is 12.5 Å². The molecule has 0 saturated carbocycles. The van der Waals surface area contributed by atoms with Crippen molar-refractivity contribution in [3.63, 3.8) is 0 Å². The van der Waals surface area contributed by atoms with E-state index in [9.17, 15) is 9.59 Å². The normalized spacial score (nSPS) is 11.1. The molecular weight excluding hydrogens is 324 g/mol. The summed E-state index contributed by atoms with van der Waals surface area (Å²) in [7, 11) is 0. The Morgan fingerprint density at radius 3 is 2.04 bits per heavy atom. The quantitative estimate of drug-likeness (QED) is 0.810. The van der Waals surface area contributed by atoms with E-state index in [0.717, 1.165) is 16.8 Å². The molecule has 4 heteroatoms. The highest BCUT2D eigenvalue weighted by molar-refractivity contribution is 5.95. The third kappa shape index (κ3) is 5.45. The Hall–Kier alpha value is -2.62. The fourth-order valence-electron chi connectivity index (χ4n) is 2.74. The number of benzene rings is 2. The second-order valence-electron chi connectivity index (χ2n) is 7.65. The lowest BCUT2D eigenvalue weighted by atomic mass is 9.86. The first-order valence-corrected chi connectivity index (χ1v) is 8.93. The number of nitrogens with one attached hydrogen (secondary N) is 2. The predicted octanol–water partition coefficient (Wildman–Crippen LogP) is 4.82. The lowest BCUT2D eigenvalue weighted by Gasteiger charge is -2.19. The maximum absolute atomic E-state index is 12.3. The van der Waals surface area contributed by atoms with Crippen LogP contribution in [0, 0.1) is 6.92 Å². The van der Waals surface area contributed by atoms with Gasteiger partial charge in [0.1, 0.15) is 0 Å². The Labute approximate surface area is 156 Å². The van der Waals surface area contributed by atoms with E-state index in [-0.39, 0.29) is 17.2 Å². The number of carbonyl (C=O) groups excluding carboxylic acids is 2. The van der Waals surface area contributed by atoms with Crippen LogP contribution < -0.4 is 10.6 Å². The number of carbonyl (C=O) groups is 2. The fourth-order valence-corrected chi connectivity index (χ4v) is 2.74. The first-order chi connectivity index (χ1) is 12.2. The van der Waals surface area contributed by atoms with Crippen LogP contribution in [0.4, 0.5) is 11.4 Å². The Balaban J connectivity index is 1.96. The summed E-state index contributed by atoms with van der Waals surface area (Å²) in [5, 5.41) is 5.71. The van der Waals surface area contributed by atoms with Crippen molar-refractivity contribution in [2.75, 3.05) is 10.6 Å².